The van der Waals surface area contributed by atoms with E-state index in [-0.39, 0.29) is 0 Å². The molecule has 4 heteroatoms. The Morgan fingerprint density at radius 3 is 2.26 bits per heavy atom. The van der Waals surface area contributed by atoms with Crippen LogP contribution in [0.15, 0.2) is 79.1 Å². The van der Waals surface area contributed by atoms with E-state index in [1.165, 1.54) is 0 Å². The van der Waals surface area contributed by atoms with Gasteiger partial charge in [0.15, 0.2) is 0 Å². The van der Waals surface area contributed by atoms with Crippen molar-refractivity contribution in [2.24, 2.45) is 0 Å². The molecular weight excluding hydrogens is 302 g/mol. The van der Waals surface area contributed by atoms with E-state index < -0.39 is 0 Å². The van der Waals surface area contributed by atoms with E-state index in [1.54, 1.807) is 12.4 Å². The van der Waals surface area contributed by atoms with Gasteiger partial charge in [0.2, 0.25) is 0 Å². The molecule has 2 aromatic carbocycles. The molecule has 4 aromatic rings. The molecule has 2 heterocycles. The standard InChI is InChI=1S/C19H13N3S/c23-19-16-8-4-5-9-17(16)21-18(14-10-12-20-13-11-14)22(19)15-6-2-1-3-7-15/h1-13H. The van der Waals surface area contributed by atoms with Crippen molar-refractivity contribution in [1.29, 1.82) is 0 Å². The Morgan fingerprint density at radius 1 is 0.783 bits per heavy atom. The summed E-state index contributed by atoms with van der Waals surface area (Å²) >= 11 is 5.77. The third-order valence-corrected chi connectivity index (χ3v) is 4.13. The van der Waals surface area contributed by atoms with E-state index in [2.05, 4.69) is 4.98 Å². The van der Waals surface area contributed by atoms with Gasteiger partial charge in [-0.3, -0.25) is 9.55 Å². The molecule has 110 valence electrons. The van der Waals surface area contributed by atoms with Gasteiger partial charge < -0.3 is 0 Å². The molecule has 23 heavy (non-hydrogen) atoms. The van der Waals surface area contributed by atoms with Gasteiger partial charge in [-0.2, -0.15) is 0 Å². The molecule has 0 aliphatic heterocycles. The molecular formula is C19H13N3S. The molecule has 0 radical (unpaired) electrons. The van der Waals surface area contributed by atoms with Gasteiger partial charge in [-0.25, -0.2) is 4.98 Å². The number of para-hydroxylation sites is 2. The molecule has 0 fully saturated rings. The van der Waals surface area contributed by atoms with Crippen LogP contribution in [0.2, 0.25) is 0 Å². The Kier molecular flexibility index (Phi) is 3.44. The molecule has 0 spiro atoms. The first-order chi connectivity index (χ1) is 11.3. The molecule has 0 saturated heterocycles. The average molecular weight is 315 g/mol. The third kappa shape index (κ3) is 2.43. The smallest absolute Gasteiger partial charge is 0.146 e. The number of rotatable bonds is 2. The summed E-state index contributed by atoms with van der Waals surface area (Å²) in [7, 11) is 0. The highest BCUT2D eigenvalue weighted by atomic mass is 32.1. The minimum absolute atomic E-state index is 0.758. The zero-order valence-electron chi connectivity index (χ0n) is 12.3. The monoisotopic (exact) mass is 315 g/mol. The molecule has 0 amide bonds. The lowest BCUT2D eigenvalue weighted by molar-refractivity contribution is 1.00. The number of aromatic nitrogens is 3. The number of hydrogen-bond donors (Lipinski definition) is 0. The topological polar surface area (TPSA) is 30.7 Å². The normalized spacial score (nSPS) is 10.8. The SMILES string of the molecule is S=c1c2ccccc2nc(-c2ccncc2)n1-c1ccccc1. The van der Waals surface area contributed by atoms with Crippen LogP contribution in [0.1, 0.15) is 0 Å². The zero-order valence-corrected chi connectivity index (χ0v) is 13.1. The minimum Gasteiger partial charge on any atom is -0.284 e. The van der Waals surface area contributed by atoms with Gasteiger partial charge in [-0.15, -0.1) is 0 Å². The van der Waals surface area contributed by atoms with Crippen LogP contribution in [0.25, 0.3) is 28.0 Å². The average Bonchev–Trinajstić information content (AvgIpc) is 2.63. The highest BCUT2D eigenvalue weighted by Crippen LogP contribution is 2.25. The molecule has 0 bridgehead atoms. The van der Waals surface area contributed by atoms with E-state index in [0.717, 1.165) is 32.6 Å². The van der Waals surface area contributed by atoms with Crippen LogP contribution in [-0.4, -0.2) is 14.5 Å². The maximum atomic E-state index is 5.77. The van der Waals surface area contributed by atoms with Gasteiger partial charge >= 0.3 is 0 Å². The lowest BCUT2D eigenvalue weighted by atomic mass is 10.2. The van der Waals surface area contributed by atoms with Crippen LogP contribution >= 0.6 is 12.2 Å². The van der Waals surface area contributed by atoms with Crippen molar-refractivity contribution in [2.45, 2.75) is 0 Å². The summed E-state index contributed by atoms with van der Waals surface area (Å²) in [6.45, 7) is 0. The molecule has 2 aromatic heterocycles. The van der Waals surface area contributed by atoms with E-state index in [0.29, 0.717) is 0 Å². The fourth-order valence-corrected chi connectivity index (χ4v) is 3.01. The summed E-state index contributed by atoms with van der Waals surface area (Å²) in [5.74, 6) is 0.822. The van der Waals surface area contributed by atoms with E-state index in [4.69, 9.17) is 17.2 Å². The summed E-state index contributed by atoms with van der Waals surface area (Å²) in [5, 5.41) is 0.976. The molecule has 3 nitrogen and oxygen atoms in total. The maximum Gasteiger partial charge on any atom is 0.146 e. The zero-order chi connectivity index (χ0) is 15.6. The minimum atomic E-state index is 0.758. The Balaban J connectivity index is 2.14. The van der Waals surface area contributed by atoms with Crippen LogP contribution in [0.5, 0.6) is 0 Å². The Labute approximate surface area is 138 Å². The first-order valence-electron chi connectivity index (χ1n) is 7.32. The van der Waals surface area contributed by atoms with Crippen LogP contribution in [0, 0.1) is 4.64 Å². The van der Waals surface area contributed by atoms with Crippen LogP contribution in [0.4, 0.5) is 0 Å². The quantitative estimate of drug-likeness (QED) is 0.497. The van der Waals surface area contributed by atoms with Gasteiger partial charge in [0, 0.05) is 29.0 Å². The lowest BCUT2D eigenvalue weighted by Crippen LogP contribution is -2.05. The maximum absolute atomic E-state index is 5.77. The summed E-state index contributed by atoms with van der Waals surface area (Å²) in [6.07, 6.45) is 3.54. The number of nitrogens with zero attached hydrogens (tertiary/aromatic N) is 3. The van der Waals surface area contributed by atoms with Crippen LogP contribution in [0.3, 0.4) is 0 Å². The van der Waals surface area contributed by atoms with Gasteiger partial charge in [-0.05, 0) is 36.4 Å². The number of benzene rings is 2. The second-order valence-electron chi connectivity index (χ2n) is 5.16. The number of pyridine rings is 1. The van der Waals surface area contributed by atoms with Crippen molar-refractivity contribution < 1.29 is 0 Å². The first kappa shape index (κ1) is 13.8. The van der Waals surface area contributed by atoms with Crippen molar-refractivity contribution in [3.63, 3.8) is 0 Å². The summed E-state index contributed by atoms with van der Waals surface area (Å²) < 4.78 is 2.78. The molecule has 0 saturated carbocycles. The van der Waals surface area contributed by atoms with Crippen molar-refractivity contribution in [2.75, 3.05) is 0 Å². The van der Waals surface area contributed by atoms with E-state index >= 15 is 0 Å². The molecule has 0 aliphatic rings. The van der Waals surface area contributed by atoms with Crippen molar-refractivity contribution in [3.05, 3.63) is 83.8 Å². The number of fused-ring (bicyclic) bond motifs is 1. The molecule has 0 atom stereocenters. The Hall–Kier alpha value is -2.85. The fraction of sp³-hybridized carbons (Fsp3) is 0. The molecule has 0 unspecified atom stereocenters. The van der Waals surface area contributed by atoms with Gasteiger partial charge in [0.05, 0.1) is 5.52 Å². The van der Waals surface area contributed by atoms with E-state index in [9.17, 15) is 0 Å². The number of hydrogen-bond acceptors (Lipinski definition) is 3. The molecule has 0 N–H and O–H groups in total. The lowest BCUT2D eigenvalue weighted by Gasteiger charge is -2.15. The Morgan fingerprint density at radius 2 is 1.48 bits per heavy atom. The molecule has 4 rings (SSSR count). The van der Waals surface area contributed by atoms with E-state index in [1.807, 2.05) is 71.3 Å². The van der Waals surface area contributed by atoms with Crippen LogP contribution < -0.4 is 0 Å². The predicted octanol–water partition coefficient (Wildman–Crippen LogP) is 4.82. The van der Waals surface area contributed by atoms with Gasteiger partial charge in [-0.1, -0.05) is 42.5 Å². The summed E-state index contributed by atoms with van der Waals surface area (Å²) in [4.78, 5) is 8.95. The Bertz CT molecular complexity index is 1020. The fourth-order valence-electron chi connectivity index (χ4n) is 2.64. The van der Waals surface area contributed by atoms with Gasteiger partial charge in [0.1, 0.15) is 10.5 Å². The predicted molar refractivity (Wildman–Crippen MR) is 95.1 cm³/mol. The largest absolute Gasteiger partial charge is 0.284 e. The molecule has 0 aliphatic carbocycles. The summed E-state index contributed by atoms with van der Waals surface area (Å²) in [6, 6.07) is 21.9. The van der Waals surface area contributed by atoms with Crippen molar-refractivity contribution in [1.82, 2.24) is 14.5 Å². The van der Waals surface area contributed by atoms with Crippen molar-refractivity contribution >= 4 is 23.1 Å². The van der Waals surface area contributed by atoms with Gasteiger partial charge in [0.25, 0.3) is 0 Å². The summed E-state index contributed by atoms with van der Waals surface area (Å²) in [5.41, 5.74) is 2.89. The highest BCUT2D eigenvalue weighted by molar-refractivity contribution is 7.71. The first-order valence-corrected chi connectivity index (χ1v) is 7.73. The highest BCUT2D eigenvalue weighted by Gasteiger charge is 2.11. The third-order valence-electron chi connectivity index (χ3n) is 3.73. The van der Waals surface area contributed by atoms with Crippen LogP contribution in [-0.2, 0) is 0 Å². The van der Waals surface area contributed by atoms with Crippen molar-refractivity contribution in [3.8, 4) is 17.1 Å². The second-order valence-corrected chi connectivity index (χ2v) is 5.55. The second kappa shape index (κ2) is 5.74.